The summed E-state index contributed by atoms with van der Waals surface area (Å²) in [5.74, 6) is 1.70. The Bertz CT molecular complexity index is 477. The minimum Gasteiger partial charge on any atom is -0.494 e. The van der Waals surface area contributed by atoms with Crippen LogP contribution in [0.4, 0.5) is 5.69 Å². The van der Waals surface area contributed by atoms with E-state index in [4.69, 9.17) is 9.47 Å². The number of nitrogens with one attached hydrogen (secondary N) is 2. The standard InChI is InChI=1S/C16H24N2O3/c1-3-20-13-7-8-15(21-4-2)14(11-13)18-12-6-5-9-17-16(19)10-12/h7-8,11-12,18H,3-6,9-10H2,1-2H3,(H,17,19). The van der Waals surface area contributed by atoms with E-state index in [1.54, 1.807) is 0 Å². The van der Waals surface area contributed by atoms with Crippen LogP contribution in [-0.4, -0.2) is 31.7 Å². The van der Waals surface area contributed by atoms with Crippen molar-refractivity contribution >= 4 is 11.6 Å². The topological polar surface area (TPSA) is 59.6 Å². The van der Waals surface area contributed by atoms with Crippen LogP contribution in [0, 0.1) is 0 Å². The molecule has 1 saturated heterocycles. The summed E-state index contributed by atoms with van der Waals surface area (Å²) in [5.41, 5.74) is 0.891. The fourth-order valence-corrected chi connectivity index (χ4v) is 2.48. The first kappa shape index (κ1) is 15.5. The van der Waals surface area contributed by atoms with Crippen LogP contribution in [0.25, 0.3) is 0 Å². The van der Waals surface area contributed by atoms with Crippen molar-refractivity contribution in [2.24, 2.45) is 0 Å². The summed E-state index contributed by atoms with van der Waals surface area (Å²) < 4.78 is 11.2. The van der Waals surface area contributed by atoms with Crippen molar-refractivity contribution in [2.75, 3.05) is 25.1 Å². The Kier molecular flexibility index (Phi) is 5.72. The molecule has 1 atom stereocenters. The maximum atomic E-state index is 11.7. The SMILES string of the molecule is CCOc1ccc(OCC)c(NC2CCCNC(=O)C2)c1. The van der Waals surface area contributed by atoms with Crippen LogP contribution in [0.2, 0.25) is 0 Å². The monoisotopic (exact) mass is 292 g/mol. The second-order valence-electron chi connectivity index (χ2n) is 5.06. The maximum absolute atomic E-state index is 11.7. The molecular formula is C16H24N2O3. The number of ether oxygens (including phenoxy) is 2. The molecule has 1 amide bonds. The number of carbonyl (C=O) groups is 1. The Hall–Kier alpha value is -1.91. The van der Waals surface area contributed by atoms with Gasteiger partial charge in [-0.25, -0.2) is 0 Å². The van der Waals surface area contributed by atoms with Crippen LogP contribution in [0.1, 0.15) is 33.1 Å². The van der Waals surface area contributed by atoms with Gasteiger partial charge in [0.05, 0.1) is 18.9 Å². The van der Waals surface area contributed by atoms with Crippen molar-refractivity contribution in [1.29, 1.82) is 0 Å². The molecule has 21 heavy (non-hydrogen) atoms. The first-order valence-corrected chi connectivity index (χ1v) is 7.65. The zero-order chi connectivity index (χ0) is 15.1. The highest BCUT2D eigenvalue weighted by atomic mass is 16.5. The predicted molar refractivity (Wildman–Crippen MR) is 83.1 cm³/mol. The van der Waals surface area contributed by atoms with Crippen molar-refractivity contribution in [3.63, 3.8) is 0 Å². The molecule has 0 aromatic heterocycles. The summed E-state index contributed by atoms with van der Waals surface area (Å²) in [5, 5.41) is 6.33. The van der Waals surface area contributed by atoms with Gasteiger partial charge in [-0.05, 0) is 38.8 Å². The van der Waals surface area contributed by atoms with Gasteiger partial charge in [0.2, 0.25) is 5.91 Å². The summed E-state index contributed by atoms with van der Waals surface area (Å²) in [6.45, 7) is 5.90. The molecule has 116 valence electrons. The molecule has 1 aromatic carbocycles. The summed E-state index contributed by atoms with van der Waals surface area (Å²) in [6.07, 6.45) is 2.44. The van der Waals surface area contributed by atoms with Crippen molar-refractivity contribution in [3.05, 3.63) is 18.2 Å². The van der Waals surface area contributed by atoms with Crippen LogP contribution in [0.3, 0.4) is 0 Å². The molecule has 0 bridgehead atoms. The highest BCUT2D eigenvalue weighted by Gasteiger charge is 2.18. The average molecular weight is 292 g/mol. The van der Waals surface area contributed by atoms with Crippen LogP contribution in [-0.2, 0) is 4.79 Å². The van der Waals surface area contributed by atoms with Gasteiger partial charge in [0.25, 0.3) is 0 Å². The van der Waals surface area contributed by atoms with Gasteiger partial charge in [0.15, 0.2) is 0 Å². The molecular weight excluding hydrogens is 268 g/mol. The normalized spacial score (nSPS) is 18.6. The molecule has 5 heteroatoms. The molecule has 1 aliphatic rings. The Morgan fingerprint density at radius 2 is 2.10 bits per heavy atom. The lowest BCUT2D eigenvalue weighted by Crippen LogP contribution is -2.27. The molecule has 0 spiro atoms. The van der Waals surface area contributed by atoms with E-state index in [0.29, 0.717) is 19.6 Å². The van der Waals surface area contributed by atoms with Gasteiger partial charge >= 0.3 is 0 Å². The molecule has 0 saturated carbocycles. The summed E-state index contributed by atoms with van der Waals surface area (Å²) in [6, 6.07) is 5.88. The van der Waals surface area contributed by atoms with E-state index >= 15 is 0 Å². The van der Waals surface area contributed by atoms with Crippen molar-refractivity contribution < 1.29 is 14.3 Å². The number of hydrogen-bond acceptors (Lipinski definition) is 4. The number of rotatable bonds is 6. The first-order valence-electron chi connectivity index (χ1n) is 7.65. The Labute approximate surface area is 126 Å². The third-order valence-corrected chi connectivity index (χ3v) is 3.40. The summed E-state index contributed by atoms with van der Waals surface area (Å²) >= 11 is 0. The highest BCUT2D eigenvalue weighted by Crippen LogP contribution is 2.31. The zero-order valence-corrected chi connectivity index (χ0v) is 12.8. The molecule has 1 aliphatic heterocycles. The quantitative estimate of drug-likeness (QED) is 0.846. The van der Waals surface area contributed by atoms with E-state index in [-0.39, 0.29) is 11.9 Å². The van der Waals surface area contributed by atoms with Crippen LogP contribution in [0.5, 0.6) is 11.5 Å². The van der Waals surface area contributed by atoms with E-state index in [1.807, 2.05) is 32.0 Å². The van der Waals surface area contributed by atoms with Gasteiger partial charge in [-0.3, -0.25) is 4.79 Å². The molecule has 2 rings (SSSR count). The minimum absolute atomic E-state index is 0.101. The third-order valence-electron chi connectivity index (χ3n) is 3.40. The molecule has 1 aromatic rings. The lowest BCUT2D eigenvalue weighted by Gasteiger charge is -2.20. The second kappa shape index (κ2) is 7.76. The van der Waals surface area contributed by atoms with Crippen molar-refractivity contribution in [2.45, 2.75) is 39.2 Å². The molecule has 0 radical (unpaired) electrons. The van der Waals surface area contributed by atoms with Gasteiger partial charge in [0, 0.05) is 25.1 Å². The molecule has 5 nitrogen and oxygen atoms in total. The van der Waals surface area contributed by atoms with Crippen LogP contribution >= 0.6 is 0 Å². The van der Waals surface area contributed by atoms with Gasteiger partial charge in [-0.1, -0.05) is 0 Å². The Morgan fingerprint density at radius 1 is 1.29 bits per heavy atom. The van der Waals surface area contributed by atoms with Crippen molar-refractivity contribution in [1.82, 2.24) is 5.32 Å². The van der Waals surface area contributed by atoms with Crippen molar-refractivity contribution in [3.8, 4) is 11.5 Å². The lowest BCUT2D eigenvalue weighted by molar-refractivity contribution is -0.120. The number of anilines is 1. The zero-order valence-electron chi connectivity index (χ0n) is 12.8. The molecule has 1 unspecified atom stereocenters. The van der Waals surface area contributed by atoms with Gasteiger partial charge in [-0.15, -0.1) is 0 Å². The van der Waals surface area contributed by atoms with Gasteiger partial charge < -0.3 is 20.1 Å². The number of carbonyl (C=O) groups excluding carboxylic acids is 1. The molecule has 0 aliphatic carbocycles. The minimum atomic E-state index is 0.101. The summed E-state index contributed by atoms with van der Waals surface area (Å²) in [7, 11) is 0. The third kappa shape index (κ3) is 4.55. The Balaban J connectivity index is 2.14. The number of hydrogen-bond donors (Lipinski definition) is 2. The number of amides is 1. The molecule has 1 heterocycles. The fourth-order valence-electron chi connectivity index (χ4n) is 2.48. The average Bonchev–Trinajstić information content (AvgIpc) is 2.66. The van der Waals surface area contributed by atoms with Gasteiger partial charge in [-0.2, -0.15) is 0 Å². The van der Waals surface area contributed by atoms with E-state index < -0.39 is 0 Å². The smallest absolute Gasteiger partial charge is 0.222 e. The van der Waals surface area contributed by atoms with E-state index in [9.17, 15) is 4.79 Å². The molecule has 1 fully saturated rings. The van der Waals surface area contributed by atoms with Crippen LogP contribution < -0.4 is 20.1 Å². The lowest BCUT2D eigenvalue weighted by atomic mass is 10.1. The molecule has 2 N–H and O–H groups in total. The first-order chi connectivity index (χ1) is 10.2. The summed E-state index contributed by atoms with van der Waals surface area (Å²) in [4.78, 5) is 11.7. The fraction of sp³-hybridized carbons (Fsp3) is 0.562. The van der Waals surface area contributed by atoms with E-state index in [2.05, 4.69) is 10.6 Å². The predicted octanol–water partition coefficient (Wildman–Crippen LogP) is 2.56. The maximum Gasteiger partial charge on any atom is 0.222 e. The van der Waals surface area contributed by atoms with E-state index in [0.717, 1.165) is 36.6 Å². The second-order valence-corrected chi connectivity index (χ2v) is 5.06. The van der Waals surface area contributed by atoms with Crippen LogP contribution in [0.15, 0.2) is 18.2 Å². The largest absolute Gasteiger partial charge is 0.494 e. The highest BCUT2D eigenvalue weighted by molar-refractivity contribution is 5.77. The Morgan fingerprint density at radius 3 is 2.86 bits per heavy atom. The van der Waals surface area contributed by atoms with E-state index in [1.165, 1.54) is 0 Å². The van der Waals surface area contributed by atoms with Gasteiger partial charge in [0.1, 0.15) is 11.5 Å². The number of benzene rings is 1.